The summed E-state index contributed by atoms with van der Waals surface area (Å²) in [4.78, 5) is 0. The minimum atomic E-state index is -3.09. The van der Waals surface area contributed by atoms with Gasteiger partial charge in [0.25, 0.3) is 0 Å². The standard InChI is InChI=1S/C9H20N2O2S/c1-3-14(12,13)11-9(2)6-4-8(10)5-7-9/h8,11H,3-7,10H2,1-2H3. The van der Waals surface area contributed by atoms with Gasteiger partial charge in [0.05, 0.1) is 5.75 Å². The van der Waals surface area contributed by atoms with Crippen LogP contribution >= 0.6 is 0 Å². The van der Waals surface area contributed by atoms with E-state index in [0.29, 0.717) is 0 Å². The third kappa shape index (κ3) is 3.22. The Morgan fingerprint density at radius 1 is 1.43 bits per heavy atom. The van der Waals surface area contributed by atoms with E-state index in [1.54, 1.807) is 6.92 Å². The van der Waals surface area contributed by atoms with Crippen LogP contribution < -0.4 is 10.5 Å². The molecule has 0 spiro atoms. The Hall–Kier alpha value is -0.130. The number of nitrogens with one attached hydrogen (secondary N) is 1. The Morgan fingerprint density at radius 3 is 2.36 bits per heavy atom. The van der Waals surface area contributed by atoms with Crippen LogP contribution in [-0.2, 0) is 10.0 Å². The highest BCUT2D eigenvalue weighted by atomic mass is 32.2. The summed E-state index contributed by atoms with van der Waals surface area (Å²) in [7, 11) is -3.09. The van der Waals surface area contributed by atoms with Crippen molar-refractivity contribution in [3.63, 3.8) is 0 Å². The first-order valence-electron chi connectivity index (χ1n) is 5.14. The Balaban J connectivity index is 2.59. The second-order valence-corrected chi connectivity index (χ2v) is 6.41. The lowest BCUT2D eigenvalue weighted by Crippen LogP contribution is -2.50. The molecule has 1 aliphatic rings. The van der Waals surface area contributed by atoms with Gasteiger partial charge in [-0.3, -0.25) is 0 Å². The molecule has 1 aliphatic carbocycles. The maximum absolute atomic E-state index is 11.4. The Morgan fingerprint density at radius 2 is 1.93 bits per heavy atom. The van der Waals surface area contributed by atoms with Crippen molar-refractivity contribution in [1.29, 1.82) is 0 Å². The van der Waals surface area contributed by atoms with Crippen LogP contribution in [0.5, 0.6) is 0 Å². The van der Waals surface area contributed by atoms with Crippen LogP contribution in [0.15, 0.2) is 0 Å². The maximum Gasteiger partial charge on any atom is 0.211 e. The summed E-state index contributed by atoms with van der Waals surface area (Å²) in [5, 5.41) is 0. The van der Waals surface area contributed by atoms with Gasteiger partial charge in [-0.2, -0.15) is 0 Å². The highest BCUT2D eigenvalue weighted by molar-refractivity contribution is 7.89. The molecular formula is C9H20N2O2S. The van der Waals surface area contributed by atoms with Crippen LogP contribution in [0.2, 0.25) is 0 Å². The Labute approximate surface area is 86.3 Å². The highest BCUT2D eigenvalue weighted by Gasteiger charge is 2.32. The van der Waals surface area contributed by atoms with E-state index in [9.17, 15) is 8.42 Å². The van der Waals surface area contributed by atoms with Gasteiger partial charge >= 0.3 is 0 Å². The second-order valence-electron chi connectivity index (χ2n) is 4.40. The molecule has 0 aromatic heterocycles. The zero-order valence-electron chi connectivity index (χ0n) is 8.91. The molecule has 0 aromatic rings. The highest BCUT2D eigenvalue weighted by Crippen LogP contribution is 2.27. The van der Waals surface area contributed by atoms with Crippen molar-refractivity contribution in [2.45, 2.75) is 51.1 Å². The summed E-state index contributed by atoms with van der Waals surface area (Å²) < 4.78 is 25.6. The van der Waals surface area contributed by atoms with E-state index >= 15 is 0 Å². The molecule has 1 fully saturated rings. The van der Waals surface area contributed by atoms with Crippen molar-refractivity contribution in [2.24, 2.45) is 5.73 Å². The summed E-state index contributed by atoms with van der Waals surface area (Å²) in [5.41, 5.74) is 5.50. The molecule has 14 heavy (non-hydrogen) atoms. The number of nitrogens with two attached hydrogens (primary N) is 1. The van der Waals surface area contributed by atoms with Crippen molar-refractivity contribution >= 4 is 10.0 Å². The third-order valence-electron chi connectivity index (χ3n) is 2.92. The Kier molecular flexibility index (Phi) is 3.55. The quantitative estimate of drug-likeness (QED) is 0.731. The molecule has 3 N–H and O–H groups in total. The van der Waals surface area contributed by atoms with E-state index in [-0.39, 0.29) is 17.3 Å². The molecule has 0 bridgehead atoms. The van der Waals surface area contributed by atoms with Crippen LogP contribution in [-0.4, -0.2) is 25.8 Å². The Bertz CT molecular complexity index is 279. The van der Waals surface area contributed by atoms with Gasteiger partial charge in [0.2, 0.25) is 10.0 Å². The van der Waals surface area contributed by atoms with Gasteiger partial charge in [-0.1, -0.05) is 0 Å². The van der Waals surface area contributed by atoms with Gasteiger partial charge < -0.3 is 5.73 Å². The number of sulfonamides is 1. The topological polar surface area (TPSA) is 72.2 Å². The molecule has 0 radical (unpaired) electrons. The van der Waals surface area contributed by atoms with Crippen LogP contribution in [0.25, 0.3) is 0 Å². The molecule has 0 aliphatic heterocycles. The summed E-state index contributed by atoms with van der Waals surface area (Å²) in [6, 6.07) is 0.245. The van der Waals surface area contributed by atoms with Crippen molar-refractivity contribution in [3.8, 4) is 0 Å². The molecule has 1 saturated carbocycles. The maximum atomic E-state index is 11.4. The lowest BCUT2D eigenvalue weighted by atomic mass is 9.82. The van der Waals surface area contributed by atoms with Crippen LogP contribution in [0.4, 0.5) is 0 Å². The summed E-state index contributed by atoms with van der Waals surface area (Å²) in [6.07, 6.45) is 3.49. The van der Waals surface area contributed by atoms with E-state index < -0.39 is 10.0 Å². The van der Waals surface area contributed by atoms with Gasteiger partial charge in [0.15, 0.2) is 0 Å². The zero-order chi connectivity index (χ0) is 10.8. The molecule has 84 valence electrons. The predicted molar refractivity (Wildman–Crippen MR) is 57.4 cm³/mol. The fourth-order valence-corrected chi connectivity index (χ4v) is 2.93. The number of hydrogen-bond donors (Lipinski definition) is 2. The van der Waals surface area contributed by atoms with Crippen molar-refractivity contribution in [2.75, 3.05) is 5.75 Å². The molecule has 4 nitrogen and oxygen atoms in total. The fourth-order valence-electron chi connectivity index (χ4n) is 1.83. The van der Waals surface area contributed by atoms with Gasteiger partial charge in [-0.25, -0.2) is 13.1 Å². The predicted octanol–water partition coefficient (Wildman–Crippen LogP) is 0.586. The van der Waals surface area contributed by atoms with Gasteiger partial charge in [0, 0.05) is 11.6 Å². The first kappa shape index (κ1) is 11.9. The molecule has 0 atom stereocenters. The van der Waals surface area contributed by atoms with Gasteiger partial charge in [-0.15, -0.1) is 0 Å². The van der Waals surface area contributed by atoms with Crippen LogP contribution in [0, 0.1) is 0 Å². The molecule has 5 heteroatoms. The lowest BCUT2D eigenvalue weighted by molar-refractivity contribution is 0.271. The van der Waals surface area contributed by atoms with E-state index in [1.165, 1.54) is 0 Å². The van der Waals surface area contributed by atoms with Gasteiger partial charge in [-0.05, 0) is 39.5 Å². The molecule has 0 amide bonds. The average molecular weight is 220 g/mol. The zero-order valence-corrected chi connectivity index (χ0v) is 9.73. The SMILES string of the molecule is CCS(=O)(=O)NC1(C)CCC(N)CC1. The first-order chi connectivity index (χ1) is 6.37. The third-order valence-corrected chi connectivity index (χ3v) is 4.48. The van der Waals surface area contributed by atoms with Crippen molar-refractivity contribution in [1.82, 2.24) is 4.72 Å². The van der Waals surface area contributed by atoms with Crippen molar-refractivity contribution < 1.29 is 8.42 Å². The molecular weight excluding hydrogens is 200 g/mol. The smallest absolute Gasteiger partial charge is 0.211 e. The molecule has 1 rings (SSSR count). The minimum Gasteiger partial charge on any atom is -0.328 e. The monoisotopic (exact) mass is 220 g/mol. The lowest BCUT2D eigenvalue weighted by Gasteiger charge is -2.36. The molecule has 0 aromatic carbocycles. The second kappa shape index (κ2) is 4.16. The van der Waals surface area contributed by atoms with E-state index in [4.69, 9.17) is 5.73 Å². The summed E-state index contributed by atoms with van der Waals surface area (Å²) >= 11 is 0. The van der Waals surface area contributed by atoms with E-state index in [0.717, 1.165) is 25.7 Å². The minimum absolute atomic E-state index is 0.147. The van der Waals surface area contributed by atoms with Crippen LogP contribution in [0.3, 0.4) is 0 Å². The summed E-state index contributed by atoms with van der Waals surface area (Å²) in [6.45, 7) is 3.62. The summed E-state index contributed by atoms with van der Waals surface area (Å²) in [5.74, 6) is 0.147. The average Bonchev–Trinajstić information content (AvgIpc) is 2.10. The number of rotatable bonds is 3. The van der Waals surface area contributed by atoms with Crippen molar-refractivity contribution in [3.05, 3.63) is 0 Å². The largest absolute Gasteiger partial charge is 0.328 e. The number of hydrogen-bond acceptors (Lipinski definition) is 3. The normalized spacial score (nSPS) is 34.4. The van der Waals surface area contributed by atoms with E-state index in [1.807, 2.05) is 6.92 Å². The first-order valence-corrected chi connectivity index (χ1v) is 6.79. The fraction of sp³-hybridized carbons (Fsp3) is 1.00. The van der Waals surface area contributed by atoms with Gasteiger partial charge in [0.1, 0.15) is 0 Å². The van der Waals surface area contributed by atoms with E-state index in [2.05, 4.69) is 4.72 Å². The molecule has 0 heterocycles. The van der Waals surface area contributed by atoms with Crippen LogP contribution in [0.1, 0.15) is 39.5 Å². The molecule has 0 saturated heterocycles. The molecule has 0 unspecified atom stereocenters.